The van der Waals surface area contributed by atoms with Gasteiger partial charge in [-0.05, 0) is 37.8 Å². The first-order chi connectivity index (χ1) is 8.58. The molecular formula is C10H12Br2N2O4S. The number of nitro benzene ring substituents is 1. The summed E-state index contributed by atoms with van der Waals surface area (Å²) in [6, 6.07) is 1.10. The molecule has 2 N–H and O–H groups in total. The SMILES string of the molecule is CC(C)CS(=O)(=O)c1c([N+](=O)[O-])cc(Br)c(N)c1Br. The predicted octanol–water partition coefficient (Wildman–Crippen LogP) is 3.13. The highest BCUT2D eigenvalue weighted by Crippen LogP contribution is 2.41. The number of halogens is 2. The summed E-state index contributed by atoms with van der Waals surface area (Å²) in [4.78, 5) is 9.93. The number of rotatable bonds is 4. The number of nitrogen functional groups attached to an aromatic ring is 1. The summed E-state index contributed by atoms with van der Waals surface area (Å²) >= 11 is 6.10. The van der Waals surface area contributed by atoms with Crippen molar-refractivity contribution < 1.29 is 13.3 Å². The fourth-order valence-corrected chi connectivity index (χ4v) is 5.27. The van der Waals surface area contributed by atoms with Gasteiger partial charge in [-0.25, -0.2) is 8.42 Å². The Morgan fingerprint density at radius 1 is 1.42 bits per heavy atom. The first-order valence-electron chi connectivity index (χ1n) is 5.22. The number of nitro groups is 1. The summed E-state index contributed by atoms with van der Waals surface area (Å²) in [5, 5.41) is 11.0. The maximum Gasteiger partial charge on any atom is 0.290 e. The van der Waals surface area contributed by atoms with E-state index in [1.54, 1.807) is 13.8 Å². The first kappa shape index (κ1) is 16.4. The third-order valence-electron chi connectivity index (χ3n) is 2.25. The maximum absolute atomic E-state index is 12.2. The van der Waals surface area contributed by atoms with Gasteiger partial charge in [-0.2, -0.15) is 0 Å². The largest absolute Gasteiger partial charge is 0.397 e. The topological polar surface area (TPSA) is 103 Å². The van der Waals surface area contributed by atoms with Gasteiger partial charge >= 0.3 is 0 Å². The number of hydrogen-bond acceptors (Lipinski definition) is 5. The van der Waals surface area contributed by atoms with Gasteiger partial charge in [0.15, 0.2) is 14.7 Å². The van der Waals surface area contributed by atoms with Crippen molar-refractivity contribution >= 4 is 53.1 Å². The Kier molecular flexibility index (Phi) is 4.97. The van der Waals surface area contributed by atoms with Gasteiger partial charge in [0.1, 0.15) is 0 Å². The highest BCUT2D eigenvalue weighted by molar-refractivity contribution is 9.11. The minimum absolute atomic E-state index is 0.0224. The Hall–Kier alpha value is -0.670. The van der Waals surface area contributed by atoms with Crippen molar-refractivity contribution in [3.63, 3.8) is 0 Å². The van der Waals surface area contributed by atoms with Gasteiger partial charge in [-0.3, -0.25) is 10.1 Å². The molecule has 0 saturated carbocycles. The van der Waals surface area contributed by atoms with Crippen LogP contribution in [0.3, 0.4) is 0 Å². The third-order valence-corrected chi connectivity index (χ3v) is 6.13. The smallest absolute Gasteiger partial charge is 0.290 e. The van der Waals surface area contributed by atoms with E-state index in [9.17, 15) is 18.5 Å². The molecule has 0 aliphatic rings. The van der Waals surface area contributed by atoms with E-state index in [4.69, 9.17) is 5.73 Å². The lowest BCUT2D eigenvalue weighted by atomic mass is 10.3. The van der Waals surface area contributed by atoms with Gasteiger partial charge in [-0.1, -0.05) is 13.8 Å². The monoisotopic (exact) mass is 414 g/mol. The molecule has 0 heterocycles. The zero-order valence-corrected chi connectivity index (χ0v) is 14.2. The van der Waals surface area contributed by atoms with Crippen molar-refractivity contribution in [2.45, 2.75) is 18.7 Å². The average Bonchev–Trinajstić information content (AvgIpc) is 2.22. The summed E-state index contributed by atoms with van der Waals surface area (Å²) < 4.78 is 24.8. The van der Waals surface area contributed by atoms with E-state index < -0.39 is 20.4 Å². The van der Waals surface area contributed by atoms with E-state index in [-0.39, 0.29) is 31.2 Å². The lowest BCUT2D eigenvalue weighted by Gasteiger charge is -2.12. The average molecular weight is 416 g/mol. The predicted molar refractivity (Wildman–Crippen MR) is 79.8 cm³/mol. The van der Waals surface area contributed by atoms with E-state index in [1.807, 2.05) is 0 Å². The second-order valence-corrected chi connectivity index (χ2v) is 7.99. The molecule has 1 aromatic rings. The van der Waals surface area contributed by atoms with Crippen LogP contribution in [0.2, 0.25) is 0 Å². The van der Waals surface area contributed by atoms with Crippen LogP contribution in [0.5, 0.6) is 0 Å². The van der Waals surface area contributed by atoms with Gasteiger partial charge in [-0.15, -0.1) is 0 Å². The zero-order valence-electron chi connectivity index (χ0n) is 10.2. The van der Waals surface area contributed by atoms with Crippen molar-refractivity contribution in [3.8, 4) is 0 Å². The van der Waals surface area contributed by atoms with E-state index >= 15 is 0 Å². The minimum atomic E-state index is -3.79. The molecule has 0 fully saturated rings. The van der Waals surface area contributed by atoms with Crippen LogP contribution < -0.4 is 5.73 Å². The number of sulfone groups is 1. The Balaban J connectivity index is 3.67. The number of nitrogens with zero attached hydrogens (tertiary/aromatic N) is 1. The molecule has 0 unspecified atom stereocenters. The molecule has 0 aliphatic heterocycles. The first-order valence-corrected chi connectivity index (χ1v) is 8.46. The van der Waals surface area contributed by atoms with Crippen LogP contribution in [0.25, 0.3) is 0 Å². The van der Waals surface area contributed by atoms with Gasteiger partial charge in [0.25, 0.3) is 5.69 Å². The molecule has 0 spiro atoms. The van der Waals surface area contributed by atoms with E-state index in [1.165, 1.54) is 0 Å². The number of anilines is 1. The standard InChI is InChI=1S/C10H12Br2N2O4S/c1-5(2)4-19(17,18)10-7(14(15)16)3-6(11)9(13)8(10)12/h3,5H,4,13H2,1-2H3. The molecule has 0 bridgehead atoms. The zero-order chi connectivity index (χ0) is 15.0. The molecule has 0 atom stereocenters. The molecule has 9 heteroatoms. The fourth-order valence-electron chi connectivity index (χ4n) is 1.56. The fraction of sp³-hybridized carbons (Fsp3) is 0.400. The summed E-state index contributed by atoms with van der Waals surface area (Å²) in [7, 11) is -3.79. The molecule has 0 amide bonds. The molecule has 1 aromatic carbocycles. The Labute approximate surface area is 127 Å². The van der Waals surface area contributed by atoms with Crippen molar-refractivity contribution in [2.75, 3.05) is 11.5 Å². The molecule has 1 rings (SSSR count). The Bertz CT molecular complexity index is 629. The van der Waals surface area contributed by atoms with Crippen LogP contribution in [0, 0.1) is 16.0 Å². The van der Waals surface area contributed by atoms with Crippen molar-refractivity contribution in [3.05, 3.63) is 25.1 Å². The van der Waals surface area contributed by atoms with Gasteiger partial charge < -0.3 is 5.73 Å². The molecule has 19 heavy (non-hydrogen) atoms. The molecule has 0 aliphatic carbocycles. The number of benzene rings is 1. The molecular weight excluding hydrogens is 404 g/mol. The molecule has 0 saturated heterocycles. The quantitative estimate of drug-likeness (QED) is 0.462. The summed E-state index contributed by atoms with van der Waals surface area (Å²) in [5.41, 5.74) is 5.32. The molecule has 106 valence electrons. The summed E-state index contributed by atoms with van der Waals surface area (Å²) in [5.74, 6) is -0.338. The van der Waals surface area contributed by atoms with Gasteiger partial charge in [0.05, 0.1) is 20.8 Å². The van der Waals surface area contributed by atoms with Crippen LogP contribution in [-0.2, 0) is 9.84 Å². The number of nitrogens with two attached hydrogens (primary N) is 1. The van der Waals surface area contributed by atoms with E-state index in [0.717, 1.165) is 6.07 Å². The minimum Gasteiger partial charge on any atom is -0.397 e. The van der Waals surface area contributed by atoms with Crippen LogP contribution in [0.4, 0.5) is 11.4 Å². The lowest BCUT2D eigenvalue weighted by molar-refractivity contribution is -0.388. The van der Waals surface area contributed by atoms with E-state index in [0.29, 0.717) is 0 Å². The lowest BCUT2D eigenvalue weighted by Crippen LogP contribution is -2.15. The summed E-state index contributed by atoms with van der Waals surface area (Å²) in [6.45, 7) is 3.44. The van der Waals surface area contributed by atoms with Gasteiger partial charge in [0, 0.05) is 10.5 Å². The van der Waals surface area contributed by atoms with Crippen molar-refractivity contribution in [1.82, 2.24) is 0 Å². The second-order valence-electron chi connectivity index (χ2n) is 4.37. The summed E-state index contributed by atoms with van der Waals surface area (Å²) in [6.07, 6.45) is 0. The highest BCUT2D eigenvalue weighted by Gasteiger charge is 2.31. The maximum atomic E-state index is 12.2. The third kappa shape index (κ3) is 3.46. The Morgan fingerprint density at radius 2 is 1.95 bits per heavy atom. The van der Waals surface area contributed by atoms with Crippen molar-refractivity contribution in [2.24, 2.45) is 5.92 Å². The van der Waals surface area contributed by atoms with Gasteiger partial charge in [0.2, 0.25) is 0 Å². The number of hydrogen-bond donors (Lipinski definition) is 1. The normalized spacial score (nSPS) is 11.8. The second kappa shape index (κ2) is 5.76. The van der Waals surface area contributed by atoms with Crippen molar-refractivity contribution in [1.29, 1.82) is 0 Å². The van der Waals surface area contributed by atoms with Crippen LogP contribution in [0.15, 0.2) is 19.9 Å². The molecule has 0 radical (unpaired) electrons. The Morgan fingerprint density at radius 3 is 2.37 bits per heavy atom. The van der Waals surface area contributed by atoms with Crippen LogP contribution in [0.1, 0.15) is 13.8 Å². The van der Waals surface area contributed by atoms with Crippen LogP contribution >= 0.6 is 31.9 Å². The van der Waals surface area contributed by atoms with E-state index in [2.05, 4.69) is 31.9 Å². The van der Waals surface area contributed by atoms with Crippen LogP contribution in [-0.4, -0.2) is 19.1 Å². The highest BCUT2D eigenvalue weighted by atomic mass is 79.9. The molecule has 6 nitrogen and oxygen atoms in total. The molecule has 0 aromatic heterocycles.